The fourth-order valence-electron chi connectivity index (χ4n) is 3.43. The van der Waals surface area contributed by atoms with E-state index in [1.54, 1.807) is 0 Å². The zero-order valence-electron chi connectivity index (χ0n) is 16.0. The number of anilines is 1. The third-order valence-corrected chi connectivity index (χ3v) is 6.05. The molecule has 5 rings (SSSR count). The lowest BCUT2D eigenvalue weighted by atomic mass is 10.2. The maximum atomic E-state index is 12.4. The van der Waals surface area contributed by atoms with Crippen molar-refractivity contribution >= 4 is 23.6 Å². The molecule has 0 bridgehead atoms. The summed E-state index contributed by atoms with van der Waals surface area (Å²) in [4.78, 5) is 14.6. The highest BCUT2D eigenvalue weighted by atomic mass is 32.2. The molecule has 29 heavy (non-hydrogen) atoms. The minimum Gasteiger partial charge on any atom is -0.454 e. The standard InChI is InChI=1S/C19H23N5O4S/c25-17(20-10-13-1-4-15-16(9-13)28-12-27-15)11-29-19-22-21-18(24(19)14-2-3-14)23-5-7-26-8-6-23/h1,4,9,14H,2-3,5-8,10-12H2,(H,20,25). The van der Waals surface area contributed by atoms with Crippen molar-refractivity contribution in [3.8, 4) is 11.5 Å². The molecule has 2 aliphatic heterocycles. The summed E-state index contributed by atoms with van der Waals surface area (Å²) in [5.74, 6) is 2.63. The van der Waals surface area contributed by atoms with Gasteiger partial charge in [-0.15, -0.1) is 10.2 Å². The van der Waals surface area contributed by atoms with E-state index in [2.05, 4.69) is 25.0 Å². The number of carbonyl (C=O) groups excluding carboxylic acids is 1. The summed E-state index contributed by atoms with van der Waals surface area (Å²) in [7, 11) is 0. The number of aromatic nitrogens is 3. The topological polar surface area (TPSA) is 90.7 Å². The van der Waals surface area contributed by atoms with Crippen LogP contribution in [0.1, 0.15) is 24.4 Å². The molecule has 1 saturated carbocycles. The number of nitrogens with one attached hydrogen (secondary N) is 1. The Bertz CT molecular complexity index is 895. The van der Waals surface area contributed by atoms with Crippen LogP contribution < -0.4 is 19.7 Å². The number of ether oxygens (including phenoxy) is 3. The number of amides is 1. The Labute approximate surface area is 172 Å². The van der Waals surface area contributed by atoms with Gasteiger partial charge in [0, 0.05) is 25.7 Å². The Balaban J connectivity index is 1.18. The molecule has 1 aromatic heterocycles. The Hall–Kier alpha value is -2.46. The number of rotatable bonds is 7. The third-order valence-electron chi connectivity index (χ3n) is 5.11. The van der Waals surface area contributed by atoms with E-state index < -0.39 is 0 Å². The van der Waals surface area contributed by atoms with Crippen LogP contribution in [0.25, 0.3) is 0 Å². The SMILES string of the molecule is O=C(CSc1nnc(N2CCOCC2)n1C1CC1)NCc1ccc2c(c1)OCO2. The van der Waals surface area contributed by atoms with Crippen LogP contribution in [0, 0.1) is 0 Å². The Morgan fingerprint density at radius 3 is 2.83 bits per heavy atom. The van der Waals surface area contributed by atoms with E-state index in [4.69, 9.17) is 14.2 Å². The van der Waals surface area contributed by atoms with Crippen LogP contribution in [0.4, 0.5) is 5.95 Å². The first-order valence-corrected chi connectivity index (χ1v) is 10.8. The number of hydrogen-bond donors (Lipinski definition) is 1. The molecule has 0 spiro atoms. The van der Waals surface area contributed by atoms with E-state index in [1.807, 2.05) is 18.2 Å². The van der Waals surface area contributed by atoms with Crippen molar-refractivity contribution in [1.29, 1.82) is 0 Å². The van der Waals surface area contributed by atoms with Gasteiger partial charge >= 0.3 is 0 Å². The first-order chi connectivity index (χ1) is 14.3. The lowest BCUT2D eigenvalue weighted by molar-refractivity contribution is -0.118. The quantitative estimate of drug-likeness (QED) is 0.679. The van der Waals surface area contributed by atoms with Gasteiger partial charge in [0.2, 0.25) is 18.6 Å². The number of benzene rings is 1. The van der Waals surface area contributed by atoms with Gasteiger partial charge in [0.05, 0.1) is 19.0 Å². The maximum absolute atomic E-state index is 12.4. The van der Waals surface area contributed by atoms with E-state index >= 15 is 0 Å². The predicted molar refractivity (Wildman–Crippen MR) is 106 cm³/mol. The Kier molecular flexibility index (Phi) is 5.19. The number of thioether (sulfide) groups is 1. The fourth-order valence-corrected chi connectivity index (χ4v) is 4.26. The van der Waals surface area contributed by atoms with Gasteiger partial charge in [-0.1, -0.05) is 17.8 Å². The molecule has 1 aliphatic carbocycles. The van der Waals surface area contributed by atoms with Crippen LogP contribution in [-0.4, -0.2) is 59.5 Å². The minimum absolute atomic E-state index is 0.0362. The Morgan fingerprint density at radius 1 is 1.17 bits per heavy atom. The summed E-state index contributed by atoms with van der Waals surface area (Å²) in [5.41, 5.74) is 0.975. The van der Waals surface area contributed by atoms with E-state index in [0.29, 0.717) is 31.6 Å². The lowest BCUT2D eigenvalue weighted by Crippen LogP contribution is -2.38. The van der Waals surface area contributed by atoms with Gasteiger partial charge in [-0.25, -0.2) is 0 Å². The molecule has 3 aliphatic rings. The van der Waals surface area contributed by atoms with Gasteiger partial charge in [-0.3, -0.25) is 9.36 Å². The molecule has 1 amide bonds. The van der Waals surface area contributed by atoms with Crippen molar-refractivity contribution in [2.24, 2.45) is 0 Å². The molecule has 0 unspecified atom stereocenters. The first kappa shape index (κ1) is 18.6. The second-order valence-electron chi connectivity index (χ2n) is 7.24. The number of nitrogens with zero attached hydrogens (tertiary/aromatic N) is 4. The van der Waals surface area contributed by atoms with Gasteiger partial charge in [-0.05, 0) is 30.5 Å². The molecule has 1 saturated heterocycles. The maximum Gasteiger partial charge on any atom is 0.231 e. The zero-order chi connectivity index (χ0) is 19.6. The van der Waals surface area contributed by atoms with Gasteiger partial charge < -0.3 is 24.4 Å². The van der Waals surface area contributed by atoms with Crippen LogP contribution >= 0.6 is 11.8 Å². The molecular weight excluding hydrogens is 394 g/mol. The number of morpholine rings is 1. The van der Waals surface area contributed by atoms with Gasteiger partial charge in [0.15, 0.2) is 16.7 Å². The van der Waals surface area contributed by atoms with Gasteiger partial charge in [0.1, 0.15) is 0 Å². The highest BCUT2D eigenvalue weighted by Crippen LogP contribution is 2.41. The lowest BCUT2D eigenvalue weighted by Gasteiger charge is -2.27. The average molecular weight is 417 g/mol. The molecule has 2 aromatic rings. The average Bonchev–Trinajstić information content (AvgIpc) is 3.33. The van der Waals surface area contributed by atoms with Crippen molar-refractivity contribution in [1.82, 2.24) is 20.1 Å². The molecule has 2 fully saturated rings. The molecule has 10 heteroatoms. The number of carbonyl (C=O) groups is 1. The van der Waals surface area contributed by atoms with Crippen LogP contribution in [0.15, 0.2) is 23.4 Å². The summed E-state index contributed by atoms with van der Waals surface area (Å²) in [6.45, 7) is 3.77. The fraction of sp³-hybridized carbons (Fsp3) is 0.526. The smallest absolute Gasteiger partial charge is 0.231 e. The monoisotopic (exact) mass is 417 g/mol. The van der Waals surface area contributed by atoms with Crippen LogP contribution in [0.2, 0.25) is 0 Å². The van der Waals surface area contributed by atoms with Crippen molar-refractivity contribution in [2.75, 3.05) is 43.7 Å². The summed E-state index contributed by atoms with van der Waals surface area (Å²) >= 11 is 1.44. The molecular formula is C19H23N5O4S. The van der Waals surface area contributed by atoms with E-state index in [1.165, 1.54) is 11.8 Å². The zero-order valence-corrected chi connectivity index (χ0v) is 16.8. The highest BCUT2D eigenvalue weighted by molar-refractivity contribution is 7.99. The van der Waals surface area contributed by atoms with E-state index in [0.717, 1.165) is 54.1 Å². The van der Waals surface area contributed by atoms with Crippen molar-refractivity contribution in [3.63, 3.8) is 0 Å². The molecule has 1 N–H and O–H groups in total. The highest BCUT2D eigenvalue weighted by Gasteiger charge is 2.32. The van der Waals surface area contributed by atoms with Crippen LogP contribution in [0.5, 0.6) is 11.5 Å². The van der Waals surface area contributed by atoms with Crippen LogP contribution in [-0.2, 0) is 16.1 Å². The van der Waals surface area contributed by atoms with Crippen molar-refractivity contribution in [2.45, 2.75) is 30.6 Å². The molecule has 154 valence electrons. The molecule has 1 aromatic carbocycles. The second kappa shape index (κ2) is 8.11. The van der Waals surface area contributed by atoms with Crippen molar-refractivity contribution < 1.29 is 19.0 Å². The molecule has 0 atom stereocenters. The molecule has 3 heterocycles. The van der Waals surface area contributed by atoms with Crippen molar-refractivity contribution in [3.05, 3.63) is 23.8 Å². The molecule has 0 radical (unpaired) electrons. The first-order valence-electron chi connectivity index (χ1n) is 9.83. The largest absolute Gasteiger partial charge is 0.454 e. The normalized spacial score (nSPS) is 18.1. The Morgan fingerprint density at radius 2 is 2.00 bits per heavy atom. The predicted octanol–water partition coefficient (Wildman–Crippen LogP) is 1.59. The summed E-state index contributed by atoms with van der Waals surface area (Å²) < 4.78 is 18.3. The molecule has 9 nitrogen and oxygen atoms in total. The van der Waals surface area contributed by atoms with Gasteiger partial charge in [-0.2, -0.15) is 0 Å². The third kappa shape index (κ3) is 4.13. The van der Waals surface area contributed by atoms with E-state index in [9.17, 15) is 4.79 Å². The van der Waals surface area contributed by atoms with E-state index in [-0.39, 0.29) is 12.7 Å². The summed E-state index contributed by atoms with van der Waals surface area (Å²) in [6, 6.07) is 6.14. The minimum atomic E-state index is -0.0362. The summed E-state index contributed by atoms with van der Waals surface area (Å²) in [6.07, 6.45) is 2.28. The number of fused-ring (bicyclic) bond motifs is 1. The van der Waals surface area contributed by atoms with Crippen LogP contribution in [0.3, 0.4) is 0 Å². The number of hydrogen-bond acceptors (Lipinski definition) is 8. The summed E-state index contributed by atoms with van der Waals surface area (Å²) in [5, 5.41) is 12.5. The van der Waals surface area contributed by atoms with Gasteiger partial charge in [0.25, 0.3) is 0 Å². The second-order valence-corrected chi connectivity index (χ2v) is 8.18.